The Bertz CT molecular complexity index is 587. The van der Waals surface area contributed by atoms with E-state index in [9.17, 15) is 15.0 Å². The third-order valence-electron chi connectivity index (χ3n) is 2.59. The normalized spacial score (nSPS) is 10.6. The number of hydrogen-bond acceptors (Lipinski definition) is 3. The summed E-state index contributed by atoms with van der Waals surface area (Å²) in [6.45, 7) is 1.40. The van der Waals surface area contributed by atoms with Gasteiger partial charge in [0, 0.05) is 5.39 Å². The highest BCUT2D eigenvalue weighted by Gasteiger charge is 2.17. The number of rotatable bonds is 1. The minimum Gasteiger partial charge on any atom is -0.872 e. The zero-order chi connectivity index (χ0) is 11.9. The van der Waals surface area contributed by atoms with Crippen molar-refractivity contribution in [3.63, 3.8) is 0 Å². The molecule has 0 amide bonds. The maximum atomic E-state index is 11.8. The molecule has 0 aromatic heterocycles. The van der Waals surface area contributed by atoms with Gasteiger partial charge in [-0.25, -0.2) is 4.79 Å². The van der Waals surface area contributed by atoms with Crippen LogP contribution in [-0.4, -0.2) is 16.2 Å². The number of aromatic hydroxyl groups is 1. The van der Waals surface area contributed by atoms with E-state index in [4.69, 9.17) is 5.11 Å². The van der Waals surface area contributed by atoms with E-state index in [1.165, 1.54) is 13.0 Å². The molecule has 2 aromatic carbocycles. The van der Waals surface area contributed by atoms with Crippen molar-refractivity contribution >= 4 is 16.7 Å². The summed E-state index contributed by atoms with van der Waals surface area (Å²) in [5.41, 5.74) is -0.257. The number of carboxylic acid groups (broad SMARTS) is 1. The lowest BCUT2D eigenvalue weighted by Gasteiger charge is -2.18. The molecule has 4 nitrogen and oxygen atoms in total. The second-order valence-electron chi connectivity index (χ2n) is 3.53. The molecule has 82 valence electrons. The molecule has 2 N–H and O–H groups in total. The number of hydrogen-bond donors (Lipinski definition) is 2. The summed E-state index contributed by atoms with van der Waals surface area (Å²) in [4.78, 5) is 10.9. The van der Waals surface area contributed by atoms with Crippen LogP contribution in [0.5, 0.6) is 11.5 Å². The molecule has 0 spiro atoms. The summed E-state index contributed by atoms with van der Waals surface area (Å²) in [6.07, 6.45) is 0. The van der Waals surface area contributed by atoms with Crippen molar-refractivity contribution < 1.29 is 20.1 Å². The highest BCUT2D eigenvalue weighted by molar-refractivity contribution is 6.04. The first-order valence-corrected chi connectivity index (χ1v) is 4.68. The molecule has 0 aliphatic heterocycles. The second kappa shape index (κ2) is 3.41. The zero-order valence-electron chi connectivity index (χ0n) is 8.52. The van der Waals surface area contributed by atoms with E-state index >= 15 is 0 Å². The summed E-state index contributed by atoms with van der Waals surface area (Å²) < 4.78 is 0. The molecule has 2 rings (SSSR count). The summed E-state index contributed by atoms with van der Waals surface area (Å²) in [5, 5.41) is 31.2. The molecule has 0 fully saturated rings. The minimum atomic E-state index is -1.29. The smallest absolute Gasteiger partial charge is 0.339 e. The Morgan fingerprint density at radius 1 is 1.25 bits per heavy atom. The first kappa shape index (κ1) is 10.3. The number of benzene rings is 2. The lowest BCUT2D eigenvalue weighted by molar-refractivity contribution is -0.266. The Balaban J connectivity index is 3.00. The van der Waals surface area contributed by atoms with Gasteiger partial charge >= 0.3 is 5.97 Å². The molecule has 0 atom stereocenters. The molecule has 0 heterocycles. The van der Waals surface area contributed by atoms with E-state index < -0.39 is 5.97 Å². The fraction of sp³-hybridized carbons (Fsp3) is 0.0833. The van der Waals surface area contributed by atoms with E-state index in [2.05, 4.69) is 0 Å². The first-order chi connectivity index (χ1) is 7.54. The van der Waals surface area contributed by atoms with E-state index in [1.807, 2.05) is 0 Å². The van der Waals surface area contributed by atoms with E-state index in [1.54, 1.807) is 18.2 Å². The number of carbonyl (C=O) groups is 1. The molecule has 2 aromatic rings. The molecule has 0 saturated carbocycles. The minimum absolute atomic E-state index is 0.0590. The summed E-state index contributed by atoms with van der Waals surface area (Å²) >= 11 is 0. The lowest BCUT2D eigenvalue weighted by atomic mass is 9.99. The molecule has 0 aliphatic carbocycles. The number of aromatic carboxylic acids is 1. The van der Waals surface area contributed by atoms with Gasteiger partial charge in [-0.2, -0.15) is 0 Å². The standard InChI is InChI=1S/C12H10O4/c1-6-9(12(15)16)11(14)8-5-3-2-4-7(8)10(6)13/h2-5,13-14H,1H3,(H,15,16)/p-1. The Hall–Kier alpha value is -2.23. The van der Waals surface area contributed by atoms with Crippen molar-refractivity contribution in [2.75, 3.05) is 0 Å². The first-order valence-electron chi connectivity index (χ1n) is 4.68. The van der Waals surface area contributed by atoms with Gasteiger partial charge < -0.3 is 15.3 Å². The van der Waals surface area contributed by atoms with Crippen LogP contribution in [0.2, 0.25) is 0 Å². The van der Waals surface area contributed by atoms with Gasteiger partial charge in [0.15, 0.2) is 0 Å². The van der Waals surface area contributed by atoms with Crippen molar-refractivity contribution in [1.82, 2.24) is 0 Å². The van der Waals surface area contributed by atoms with Gasteiger partial charge in [0.05, 0.1) is 0 Å². The van der Waals surface area contributed by atoms with E-state index in [0.717, 1.165) is 0 Å². The van der Waals surface area contributed by atoms with Crippen LogP contribution in [0, 0.1) is 6.92 Å². The van der Waals surface area contributed by atoms with Crippen LogP contribution in [0.3, 0.4) is 0 Å². The predicted molar refractivity (Wildman–Crippen MR) is 56.8 cm³/mol. The molecule has 16 heavy (non-hydrogen) atoms. The molecular weight excluding hydrogens is 208 g/mol. The van der Waals surface area contributed by atoms with Gasteiger partial charge in [-0.3, -0.25) is 0 Å². The van der Waals surface area contributed by atoms with Gasteiger partial charge in [-0.05, 0) is 17.9 Å². The maximum absolute atomic E-state index is 11.8. The fourth-order valence-electron chi connectivity index (χ4n) is 1.78. The monoisotopic (exact) mass is 217 g/mol. The topological polar surface area (TPSA) is 80.6 Å². The molecule has 0 radical (unpaired) electrons. The van der Waals surface area contributed by atoms with Crippen molar-refractivity contribution in [3.8, 4) is 11.5 Å². The highest BCUT2D eigenvalue weighted by atomic mass is 16.4. The van der Waals surface area contributed by atoms with E-state index in [0.29, 0.717) is 5.39 Å². The van der Waals surface area contributed by atoms with Crippen LogP contribution in [0.1, 0.15) is 15.9 Å². The highest BCUT2D eigenvalue weighted by Crippen LogP contribution is 2.37. The Morgan fingerprint density at radius 3 is 2.38 bits per heavy atom. The van der Waals surface area contributed by atoms with Crippen molar-refractivity contribution in [1.29, 1.82) is 0 Å². The van der Waals surface area contributed by atoms with Gasteiger partial charge in [0.2, 0.25) is 0 Å². The zero-order valence-corrected chi connectivity index (χ0v) is 8.52. The second-order valence-corrected chi connectivity index (χ2v) is 3.53. The summed E-state index contributed by atoms with van der Waals surface area (Å²) in [7, 11) is 0. The third-order valence-corrected chi connectivity index (χ3v) is 2.59. The van der Waals surface area contributed by atoms with Crippen LogP contribution in [0.15, 0.2) is 24.3 Å². The van der Waals surface area contributed by atoms with E-state index in [-0.39, 0.29) is 28.0 Å². The van der Waals surface area contributed by atoms with Crippen molar-refractivity contribution in [2.45, 2.75) is 6.92 Å². The average Bonchev–Trinajstić information content (AvgIpc) is 2.26. The molecule has 4 heteroatoms. The van der Waals surface area contributed by atoms with Crippen LogP contribution < -0.4 is 5.11 Å². The quantitative estimate of drug-likeness (QED) is 0.760. The lowest BCUT2D eigenvalue weighted by Crippen LogP contribution is -2.05. The molecule has 0 unspecified atom stereocenters. The Morgan fingerprint density at radius 2 is 1.81 bits per heavy atom. The van der Waals surface area contributed by atoms with Crippen molar-refractivity contribution in [2.24, 2.45) is 0 Å². The predicted octanol–water partition coefficient (Wildman–Crippen LogP) is 1.63. The van der Waals surface area contributed by atoms with Crippen LogP contribution >= 0.6 is 0 Å². The molecule has 0 aliphatic rings. The van der Waals surface area contributed by atoms with Crippen LogP contribution in [0.25, 0.3) is 10.8 Å². The maximum Gasteiger partial charge on any atom is 0.339 e. The van der Waals surface area contributed by atoms with Gasteiger partial charge in [-0.15, -0.1) is 0 Å². The SMILES string of the molecule is Cc1c(C(=O)O)c(O)c2ccccc2c1[O-]. The molecule has 0 saturated heterocycles. The summed E-state index contributed by atoms with van der Waals surface area (Å²) in [5.74, 6) is -2.00. The Kier molecular flexibility index (Phi) is 2.20. The number of carboxylic acids is 1. The third kappa shape index (κ3) is 1.27. The average molecular weight is 217 g/mol. The van der Waals surface area contributed by atoms with Crippen LogP contribution in [-0.2, 0) is 0 Å². The van der Waals surface area contributed by atoms with Gasteiger partial charge in [0.25, 0.3) is 0 Å². The fourth-order valence-corrected chi connectivity index (χ4v) is 1.78. The molecular formula is C12H9O4-. The number of phenols is 1. The molecule has 0 bridgehead atoms. The van der Waals surface area contributed by atoms with Crippen LogP contribution in [0.4, 0.5) is 0 Å². The van der Waals surface area contributed by atoms with Gasteiger partial charge in [-0.1, -0.05) is 30.0 Å². The largest absolute Gasteiger partial charge is 0.872 e. The van der Waals surface area contributed by atoms with Crippen molar-refractivity contribution in [3.05, 3.63) is 35.4 Å². The Labute approximate surface area is 91.4 Å². The summed E-state index contributed by atoms with van der Waals surface area (Å²) in [6, 6.07) is 6.40. The number of fused-ring (bicyclic) bond motifs is 1. The van der Waals surface area contributed by atoms with Gasteiger partial charge in [0.1, 0.15) is 11.3 Å².